The van der Waals surface area contributed by atoms with Crippen LogP contribution in [-0.4, -0.2) is 23.3 Å². The number of amides is 1. The van der Waals surface area contributed by atoms with Gasteiger partial charge in [0.1, 0.15) is 0 Å². The van der Waals surface area contributed by atoms with Gasteiger partial charge in [0.25, 0.3) is 5.91 Å². The zero-order chi connectivity index (χ0) is 17.5. The van der Waals surface area contributed by atoms with E-state index in [-0.39, 0.29) is 17.0 Å². The van der Waals surface area contributed by atoms with E-state index in [4.69, 9.17) is 23.2 Å². The van der Waals surface area contributed by atoms with Crippen LogP contribution in [0.15, 0.2) is 42.5 Å². The molecule has 1 aliphatic heterocycles. The number of fused-ring (bicyclic) bond motifs is 1. The van der Waals surface area contributed by atoms with Gasteiger partial charge in [0, 0.05) is 22.7 Å². The number of halogens is 2. The van der Waals surface area contributed by atoms with E-state index in [2.05, 4.69) is 0 Å². The minimum absolute atomic E-state index is 0.196. The van der Waals surface area contributed by atoms with Crippen molar-refractivity contribution in [2.45, 2.75) is 18.9 Å². The molecular formula is C18H15Cl2NO3. The molecule has 0 saturated carbocycles. The summed E-state index contributed by atoms with van der Waals surface area (Å²) < 4.78 is 0. The van der Waals surface area contributed by atoms with Gasteiger partial charge in [-0.15, -0.1) is 0 Å². The van der Waals surface area contributed by atoms with Gasteiger partial charge < -0.3 is 10.0 Å². The van der Waals surface area contributed by atoms with E-state index in [9.17, 15) is 14.7 Å². The third-order valence-electron chi connectivity index (χ3n) is 4.20. The van der Waals surface area contributed by atoms with E-state index >= 15 is 0 Å². The fourth-order valence-electron chi connectivity index (χ4n) is 3.03. The van der Waals surface area contributed by atoms with Crippen molar-refractivity contribution in [2.24, 2.45) is 0 Å². The van der Waals surface area contributed by atoms with Crippen LogP contribution in [0.5, 0.6) is 0 Å². The number of benzene rings is 2. The first kappa shape index (κ1) is 17.0. The van der Waals surface area contributed by atoms with Crippen LogP contribution in [0.1, 0.15) is 29.3 Å². The summed E-state index contributed by atoms with van der Waals surface area (Å²) in [6.07, 6.45) is -0.374. The molecule has 0 saturated heterocycles. The van der Waals surface area contributed by atoms with Gasteiger partial charge in [-0.05, 0) is 31.2 Å². The lowest BCUT2D eigenvalue weighted by Crippen LogP contribution is -2.41. The molecule has 0 bridgehead atoms. The summed E-state index contributed by atoms with van der Waals surface area (Å²) in [5, 5.41) is 11.6. The molecular weight excluding hydrogens is 349 g/mol. The fraction of sp³-hybridized carbons (Fsp3) is 0.222. The summed E-state index contributed by atoms with van der Waals surface area (Å²) in [7, 11) is 0. The van der Waals surface area contributed by atoms with Crippen LogP contribution in [0.2, 0.25) is 10.0 Å². The number of hydrogen-bond acceptors (Lipinski definition) is 3. The molecule has 6 heteroatoms. The molecule has 3 rings (SSSR count). The number of hydrogen-bond donors (Lipinski definition) is 1. The van der Waals surface area contributed by atoms with Crippen LogP contribution >= 0.6 is 23.2 Å². The first-order chi connectivity index (χ1) is 11.4. The van der Waals surface area contributed by atoms with Gasteiger partial charge in [0.15, 0.2) is 11.4 Å². The lowest BCUT2D eigenvalue weighted by molar-refractivity contribution is -0.135. The Morgan fingerprint density at radius 3 is 2.58 bits per heavy atom. The van der Waals surface area contributed by atoms with Crippen molar-refractivity contribution in [3.63, 3.8) is 0 Å². The van der Waals surface area contributed by atoms with Crippen LogP contribution in [-0.2, 0) is 10.4 Å². The second-order valence-electron chi connectivity index (χ2n) is 5.65. The SMILES string of the molecule is CCN1C(=O)[C@](O)(CC(=O)c2ccc(Cl)cc2Cl)c2ccccc21. The van der Waals surface area contributed by atoms with E-state index in [0.29, 0.717) is 22.8 Å². The van der Waals surface area contributed by atoms with E-state index < -0.39 is 17.3 Å². The number of Topliss-reactive ketones (excluding diaryl/α,β-unsaturated/α-hetero) is 1. The smallest absolute Gasteiger partial charge is 0.264 e. The monoisotopic (exact) mass is 363 g/mol. The standard InChI is InChI=1S/C18H15Cl2NO3/c1-2-21-15-6-4-3-5-13(15)18(24,17(21)23)10-16(22)12-8-7-11(19)9-14(12)20/h3-9,24H,2,10H2,1H3/t18-/m0/s1. The number of carbonyl (C=O) groups excluding carboxylic acids is 2. The molecule has 1 heterocycles. The first-order valence-electron chi connectivity index (χ1n) is 7.50. The van der Waals surface area contributed by atoms with Gasteiger partial charge in [0.2, 0.25) is 0 Å². The second kappa shape index (κ2) is 6.20. The highest BCUT2D eigenvalue weighted by molar-refractivity contribution is 6.37. The lowest BCUT2D eigenvalue weighted by atomic mass is 9.88. The molecule has 2 aromatic carbocycles. The lowest BCUT2D eigenvalue weighted by Gasteiger charge is -2.22. The number of nitrogens with zero attached hydrogens (tertiary/aromatic N) is 1. The maximum absolute atomic E-state index is 12.7. The van der Waals surface area contributed by atoms with Gasteiger partial charge in [-0.2, -0.15) is 0 Å². The highest BCUT2D eigenvalue weighted by Gasteiger charge is 2.50. The van der Waals surface area contributed by atoms with Crippen molar-refractivity contribution in [1.82, 2.24) is 0 Å². The molecule has 1 atom stereocenters. The number of anilines is 1. The third kappa shape index (κ3) is 2.61. The van der Waals surface area contributed by atoms with Gasteiger partial charge in [0.05, 0.1) is 17.1 Å². The zero-order valence-electron chi connectivity index (χ0n) is 12.9. The normalized spacial score (nSPS) is 19.5. The van der Waals surface area contributed by atoms with Gasteiger partial charge in [-0.3, -0.25) is 9.59 Å². The van der Waals surface area contributed by atoms with E-state index in [1.165, 1.54) is 17.0 Å². The van der Waals surface area contributed by atoms with Gasteiger partial charge in [-0.1, -0.05) is 41.4 Å². The fourth-order valence-corrected chi connectivity index (χ4v) is 3.55. The number of para-hydroxylation sites is 1. The molecule has 1 amide bonds. The average molecular weight is 364 g/mol. The predicted octanol–water partition coefficient (Wildman–Crippen LogP) is 3.82. The van der Waals surface area contributed by atoms with Crippen LogP contribution in [0, 0.1) is 0 Å². The zero-order valence-corrected chi connectivity index (χ0v) is 14.4. The molecule has 0 aromatic heterocycles. The molecule has 24 heavy (non-hydrogen) atoms. The van der Waals surface area contributed by atoms with Crippen LogP contribution < -0.4 is 4.90 Å². The number of rotatable bonds is 4. The first-order valence-corrected chi connectivity index (χ1v) is 8.26. The Labute approximate surface area is 149 Å². The Balaban J connectivity index is 1.99. The maximum Gasteiger partial charge on any atom is 0.264 e. The van der Waals surface area contributed by atoms with Crippen molar-refractivity contribution in [2.75, 3.05) is 11.4 Å². The largest absolute Gasteiger partial charge is 0.375 e. The summed E-state index contributed by atoms with van der Waals surface area (Å²) in [6, 6.07) is 11.5. The average Bonchev–Trinajstić information content (AvgIpc) is 2.75. The minimum Gasteiger partial charge on any atom is -0.375 e. The Hall–Kier alpha value is -1.88. The quantitative estimate of drug-likeness (QED) is 0.840. The second-order valence-corrected chi connectivity index (χ2v) is 6.49. The number of aliphatic hydroxyl groups is 1. The van der Waals surface area contributed by atoms with Crippen LogP contribution in [0.4, 0.5) is 5.69 Å². The summed E-state index contributed by atoms with van der Waals surface area (Å²) in [6.45, 7) is 2.23. The maximum atomic E-state index is 12.7. The predicted molar refractivity (Wildman–Crippen MR) is 93.8 cm³/mol. The van der Waals surface area contributed by atoms with Crippen molar-refractivity contribution in [3.8, 4) is 0 Å². The topological polar surface area (TPSA) is 57.6 Å². The Kier molecular flexibility index (Phi) is 4.38. The molecule has 2 aromatic rings. The molecule has 0 aliphatic carbocycles. The van der Waals surface area contributed by atoms with E-state index in [1.807, 2.05) is 6.92 Å². The molecule has 4 nitrogen and oxygen atoms in total. The highest BCUT2D eigenvalue weighted by atomic mass is 35.5. The van der Waals surface area contributed by atoms with Crippen LogP contribution in [0.25, 0.3) is 0 Å². The van der Waals surface area contributed by atoms with Crippen molar-refractivity contribution >= 4 is 40.6 Å². The third-order valence-corrected chi connectivity index (χ3v) is 4.75. The molecule has 0 fully saturated rings. The molecule has 0 spiro atoms. The summed E-state index contributed by atoms with van der Waals surface area (Å²) in [5.74, 6) is -0.912. The van der Waals surface area contributed by atoms with Crippen LogP contribution in [0.3, 0.4) is 0 Å². The van der Waals surface area contributed by atoms with Gasteiger partial charge in [-0.25, -0.2) is 0 Å². The highest BCUT2D eigenvalue weighted by Crippen LogP contribution is 2.43. The number of ketones is 1. The summed E-state index contributed by atoms with van der Waals surface area (Å²) >= 11 is 11.9. The molecule has 124 valence electrons. The van der Waals surface area contributed by atoms with Crippen molar-refractivity contribution in [3.05, 3.63) is 63.6 Å². The van der Waals surface area contributed by atoms with E-state index in [0.717, 1.165) is 0 Å². The number of likely N-dealkylation sites (N-methyl/N-ethyl adjacent to an activating group) is 1. The summed E-state index contributed by atoms with van der Waals surface area (Å²) in [5.41, 5.74) is -0.584. The molecule has 0 radical (unpaired) electrons. The summed E-state index contributed by atoms with van der Waals surface area (Å²) in [4.78, 5) is 26.8. The Morgan fingerprint density at radius 2 is 1.92 bits per heavy atom. The van der Waals surface area contributed by atoms with Crippen molar-refractivity contribution in [1.29, 1.82) is 0 Å². The van der Waals surface area contributed by atoms with Gasteiger partial charge >= 0.3 is 0 Å². The minimum atomic E-state index is -1.88. The molecule has 1 N–H and O–H groups in total. The number of carbonyl (C=O) groups is 2. The Morgan fingerprint density at radius 1 is 1.21 bits per heavy atom. The molecule has 0 unspecified atom stereocenters. The molecule has 1 aliphatic rings. The Bertz CT molecular complexity index is 837. The van der Waals surface area contributed by atoms with E-state index in [1.54, 1.807) is 30.3 Å². The van der Waals surface area contributed by atoms with Crippen molar-refractivity contribution < 1.29 is 14.7 Å².